The molecule has 2 aromatic rings. The quantitative estimate of drug-likeness (QED) is 0.863. The van der Waals surface area contributed by atoms with Gasteiger partial charge in [-0.05, 0) is 47.5 Å². The number of amides is 1. The van der Waals surface area contributed by atoms with E-state index in [9.17, 15) is 4.79 Å². The van der Waals surface area contributed by atoms with Crippen molar-refractivity contribution >= 4 is 5.91 Å². The third-order valence-corrected chi connectivity index (χ3v) is 3.88. The molecule has 0 aliphatic heterocycles. The van der Waals surface area contributed by atoms with Gasteiger partial charge in [-0.15, -0.1) is 5.10 Å². The fourth-order valence-corrected chi connectivity index (χ4v) is 2.64. The van der Waals surface area contributed by atoms with E-state index in [1.165, 1.54) is 6.33 Å². The zero-order valence-electron chi connectivity index (χ0n) is 11.6. The number of carbonyl (C=O) groups excluding carboxylic acids is 1. The summed E-state index contributed by atoms with van der Waals surface area (Å²) in [4.78, 5) is 12.2. The lowest BCUT2D eigenvalue weighted by Crippen LogP contribution is -2.49. The van der Waals surface area contributed by atoms with Crippen LogP contribution in [0.15, 0.2) is 30.6 Å². The van der Waals surface area contributed by atoms with Crippen LogP contribution in [0.2, 0.25) is 0 Å². The van der Waals surface area contributed by atoms with Gasteiger partial charge in [0.15, 0.2) is 0 Å². The Balaban J connectivity index is 1.67. The largest absolute Gasteiger partial charge is 0.348 e. The van der Waals surface area contributed by atoms with E-state index in [0.29, 0.717) is 5.56 Å². The van der Waals surface area contributed by atoms with Crippen LogP contribution in [0.3, 0.4) is 0 Å². The molecular formula is C14H18N6O. The molecule has 110 valence electrons. The van der Waals surface area contributed by atoms with Crippen LogP contribution in [-0.2, 0) is 0 Å². The van der Waals surface area contributed by atoms with Gasteiger partial charge in [0, 0.05) is 17.6 Å². The van der Waals surface area contributed by atoms with Crippen molar-refractivity contribution in [3.63, 3.8) is 0 Å². The van der Waals surface area contributed by atoms with Gasteiger partial charge in [-0.3, -0.25) is 4.79 Å². The van der Waals surface area contributed by atoms with Gasteiger partial charge in [-0.2, -0.15) is 0 Å². The molecule has 7 nitrogen and oxygen atoms in total. The predicted octanol–water partition coefficient (Wildman–Crippen LogP) is 0.662. The minimum atomic E-state index is -0.0828. The average molecular weight is 286 g/mol. The highest BCUT2D eigenvalue weighted by molar-refractivity contribution is 5.94. The SMILES string of the molecule is NC1CCCCC1NC(=O)c1ccc(-n2cnnn2)cc1. The van der Waals surface area contributed by atoms with Crippen molar-refractivity contribution in [3.05, 3.63) is 36.2 Å². The molecule has 0 spiro atoms. The minimum absolute atomic E-state index is 0.0585. The maximum Gasteiger partial charge on any atom is 0.251 e. The van der Waals surface area contributed by atoms with Crippen LogP contribution in [0.1, 0.15) is 36.0 Å². The van der Waals surface area contributed by atoms with E-state index in [0.717, 1.165) is 31.4 Å². The van der Waals surface area contributed by atoms with Gasteiger partial charge in [0.2, 0.25) is 0 Å². The molecule has 1 aromatic heterocycles. The summed E-state index contributed by atoms with van der Waals surface area (Å²) in [5, 5.41) is 14.0. The van der Waals surface area contributed by atoms with Crippen LogP contribution in [0.4, 0.5) is 0 Å². The van der Waals surface area contributed by atoms with E-state index in [2.05, 4.69) is 20.8 Å². The Bertz CT molecular complexity index is 594. The molecule has 0 radical (unpaired) electrons. The summed E-state index contributed by atoms with van der Waals surface area (Å²) in [6, 6.07) is 7.29. The summed E-state index contributed by atoms with van der Waals surface area (Å²) in [5.74, 6) is -0.0828. The minimum Gasteiger partial charge on any atom is -0.348 e. The number of nitrogens with two attached hydrogens (primary N) is 1. The first kappa shape index (κ1) is 13.7. The van der Waals surface area contributed by atoms with Crippen LogP contribution >= 0.6 is 0 Å². The van der Waals surface area contributed by atoms with Gasteiger partial charge in [-0.25, -0.2) is 4.68 Å². The number of benzene rings is 1. The average Bonchev–Trinajstić information content (AvgIpc) is 3.04. The lowest BCUT2D eigenvalue weighted by Gasteiger charge is -2.29. The third kappa shape index (κ3) is 3.08. The number of aromatic nitrogens is 4. The predicted molar refractivity (Wildman–Crippen MR) is 76.9 cm³/mol. The third-order valence-electron chi connectivity index (χ3n) is 3.88. The number of nitrogens with zero attached hydrogens (tertiary/aromatic N) is 4. The molecule has 1 heterocycles. The highest BCUT2D eigenvalue weighted by atomic mass is 16.1. The molecule has 1 aliphatic carbocycles. The molecule has 7 heteroatoms. The van der Waals surface area contributed by atoms with Crippen molar-refractivity contribution in [2.75, 3.05) is 0 Å². The number of nitrogens with one attached hydrogen (secondary N) is 1. The Morgan fingerprint density at radius 3 is 2.67 bits per heavy atom. The monoisotopic (exact) mass is 286 g/mol. The Morgan fingerprint density at radius 2 is 2.00 bits per heavy atom. The summed E-state index contributed by atoms with van der Waals surface area (Å²) in [7, 11) is 0. The molecule has 0 saturated heterocycles. The fourth-order valence-electron chi connectivity index (χ4n) is 2.64. The van der Waals surface area contributed by atoms with E-state index >= 15 is 0 Å². The molecule has 1 aromatic carbocycles. The first-order valence-corrected chi connectivity index (χ1v) is 7.14. The second kappa shape index (κ2) is 6.01. The smallest absolute Gasteiger partial charge is 0.251 e. The fraction of sp³-hybridized carbons (Fsp3) is 0.429. The first-order chi connectivity index (χ1) is 10.2. The maximum absolute atomic E-state index is 12.2. The van der Waals surface area contributed by atoms with Crippen molar-refractivity contribution in [2.45, 2.75) is 37.8 Å². The highest BCUT2D eigenvalue weighted by Gasteiger charge is 2.23. The molecule has 1 aliphatic rings. The molecule has 1 fully saturated rings. The van der Waals surface area contributed by atoms with Gasteiger partial charge in [-0.1, -0.05) is 12.8 Å². The summed E-state index contributed by atoms with van der Waals surface area (Å²) in [5.41, 5.74) is 7.48. The highest BCUT2D eigenvalue weighted by Crippen LogP contribution is 2.17. The zero-order valence-corrected chi connectivity index (χ0v) is 11.6. The van der Waals surface area contributed by atoms with Crippen molar-refractivity contribution < 1.29 is 4.79 Å². The first-order valence-electron chi connectivity index (χ1n) is 7.14. The maximum atomic E-state index is 12.2. The van der Waals surface area contributed by atoms with Crippen LogP contribution < -0.4 is 11.1 Å². The van der Waals surface area contributed by atoms with Crippen molar-refractivity contribution in [1.82, 2.24) is 25.5 Å². The normalized spacial score (nSPS) is 22.0. The zero-order chi connectivity index (χ0) is 14.7. The molecule has 2 unspecified atom stereocenters. The molecule has 2 atom stereocenters. The lowest BCUT2D eigenvalue weighted by atomic mass is 9.91. The Kier molecular flexibility index (Phi) is 3.92. The summed E-state index contributed by atoms with van der Waals surface area (Å²) in [6.45, 7) is 0. The Hall–Kier alpha value is -2.28. The topological polar surface area (TPSA) is 98.7 Å². The van der Waals surface area contributed by atoms with E-state index in [-0.39, 0.29) is 18.0 Å². The summed E-state index contributed by atoms with van der Waals surface area (Å²) >= 11 is 0. The van der Waals surface area contributed by atoms with Gasteiger partial charge in [0.1, 0.15) is 6.33 Å². The molecule has 1 saturated carbocycles. The van der Waals surface area contributed by atoms with Crippen molar-refractivity contribution in [1.29, 1.82) is 0 Å². The van der Waals surface area contributed by atoms with Gasteiger partial charge in [0.05, 0.1) is 5.69 Å². The molecule has 21 heavy (non-hydrogen) atoms. The van der Waals surface area contributed by atoms with E-state index in [1.807, 2.05) is 12.1 Å². The van der Waals surface area contributed by atoms with Crippen molar-refractivity contribution in [2.24, 2.45) is 5.73 Å². The Labute approximate surface area is 122 Å². The lowest BCUT2D eigenvalue weighted by molar-refractivity contribution is 0.0921. The molecule has 1 amide bonds. The van der Waals surface area contributed by atoms with Gasteiger partial charge < -0.3 is 11.1 Å². The van der Waals surface area contributed by atoms with Crippen LogP contribution in [0, 0.1) is 0 Å². The second-order valence-corrected chi connectivity index (χ2v) is 5.33. The van der Waals surface area contributed by atoms with Crippen LogP contribution in [0.5, 0.6) is 0 Å². The van der Waals surface area contributed by atoms with Crippen molar-refractivity contribution in [3.8, 4) is 5.69 Å². The van der Waals surface area contributed by atoms with Crippen LogP contribution in [-0.4, -0.2) is 38.2 Å². The molecule has 0 bridgehead atoms. The van der Waals surface area contributed by atoms with Gasteiger partial charge >= 0.3 is 0 Å². The molecule has 3 N–H and O–H groups in total. The number of tetrazole rings is 1. The number of carbonyl (C=O) groups is 1. The van der Waals surface area contributed by atoms with Gasteiger partial charge in [0.25, 0.3) is 5.91 Å². The van der Waals surface area contributed by atoms with E-state index < -0.39 is 0 Å². The molecular weight excluding hydrogens is 268 g/mol. The Morgan fingerprint density at radius 1 is 1.24 bits per heavy atom. The number of rotatable bonds is 3. The van der Waals surface area contributed by atoms with E-state index in [1.54, 1.807) is 16.8 Å². The number of hydrogen-bond acceptors (Lipinski definition) is 5. The number of hydrogen-bond donors (Lipinski definition) is 2. The molecule has 3 rings (SSSR count). The van der Waals surface area contributed by atoms with E-state index in [4.69, 9.17) is 5.73 Å². The standard InChI is InChI=1S/C14H18N6O/c15-12-3-1-2-4-13(12)17-14(21)10-5-7-11(8-6-10)20-9-16-18-19-20/h5-9,12-13H,1-4,15H2,(H,17,21). The summed E-state index contributed by atoms with van der Waals surface area (Å²) in [6.07, 6.45) is 5.71. The second-order valence-electron chi connectivity index (χ2n) is 5.33. The van der Waals surface area contributed by atoms with Crippen LogP contribution in [0.25, 0.3) is 5.69 Å². The summed E-state index contributed by atoms with van der Waals surface area (Å²) < 4.78 is 1.54.